The number of nitrogens with one attached hydrogen (secondary N) is 9. The lowest BCUT2D eigenvalue weighted by molar-refractivity contribution is -0.145. The zero-order chi connectivity index (χ0) is 55.6. The minimum Gasteiger partial charge on any atom is -0.508 e. The van der Waals surface area contributed by atoms with E-state index in [9.17, 15) is 68.4 Å². The zero-order valence-corrected chi connectivity index (χ0v) is 42.3. The fourth-order valence-electron chi connectivity index (χ4n) is 8.72. The first-order valence-corrected chi connectivity index (χ1v) is 24.8. The molecule has 0 unspecified atom stereocenters. The van der Waals surface area contributed by atoms with Crippen LogP contribution < -0.4 is 43.0 Å². The standard InChI is InChI=1S/C48H68N14O14/c1-25(2)14-35(47(74)62-13-5-7-38(62)45(72)60-36(22-64)48(75)76)59-43(70)32(15-27-8-10-30(65)11-9-27)56-39(66)20-52-41(68)33(16-28-18-50-23-53-28)57-40(67)26(3)55-42(69)34(17-29-19-51-24-54-29)58-44(71)37-6-4-12-61(37)46(73)31(49)21-63/h8-11,18-19,23-26,31-38,63-65H,4-7,12-17,20-22,49H2,1-3H3,(H,50,53)(H,51,54)(H,52,68)(H,55,69)(H,56,66)(H,57,67)(H,58,71)(H,59,70)(H,60,72)(H,75,76)/t26-,31-,32-,33-,34-,35-,36-,37-,38-/m0/s1. The normalized spacial score (nSPS) is 18.0. The Morgan fingerprint density at radius 1 is 0.645 bits per heavy atom. The van der Waals surface area contributed by atoms with E-state index in [1.165, 1.54) is 66.0 Å². The Kier molecular flexibility index (Phi) is 21.8. The number of benzene rings is 1. The molecule has 2 aliphatic rings. The summed E-state index contributed by atoms with van der Waals surface area (Å²) in [4.78, 5) is 151. The minimum atomic E-state index is -1.61. The number of hydrogen-bond donors (Lipinski definition) is 14. The summed E-state index contributed by atoms with van der Waals surface area (Å²) in [6.07, 6.45) is 6.52. The monoisotopic (exact) mass is 1060 g/mol. The number of aliphatic carboxylic acids is 1. The van der Waals surface area contributed by atoms with Gasteiger partial charge < -0.3 is 83.1 Å². The largest absolute Gasteiger partial charge is 0.508 e. The molecule has 2 saturated heterocycles. The van der Waals surface area contributed by atoms with Crippen LogP contribution in [0.5, 0.6) is 5.75 Å². The Labute approximate surface area is 436 Å². The molecule has 0 bridgehead atoms. The van der Waals surface area contributed by atoms with Gasteiger partial charge in [0, 0.05) is 56.1 Å². The highest BCUT2D eigenvalue weighted by Crippen LogP contribution is 2.22. The van der Waals surface area contributed by atoms with Crippen LogP contribution >= 0.6 is 0 Å². The molecular weight excluding hydrogens is 997 g/mol. The van der Waals surface area contributed by atoms with Gasteiger partial charge >= 0.3 is 5.97 Å². The molecule has 414 valence electrons. The molecule has 2 aromatic heterocycles. The van der Waals surface area contributed by atoms with Crippen molar-refractivity contribution < 1.29 is 68.4 Å². The first-order chi connectivity index (χ1) is 36.2. The predicted molar refractivity (Wildman–Crippen MR) is 265 cm³/mol. The summed E-state index contributed by atoms with van der Waals surface area (Å²) in [5.74, 6) is -8.64. The Morgan fingerprint density at radius 2 is 1.16 bits per heavy atom. The highest BCUT2D eigenvalue weighted by atomic mass is 16.4. The van der Waals surface area contributed by atoms with E-state index in [4.69, 9.17) is 5.73 Å². The number of nitrogens with zero attached hydrogens (tertiary/aromatic N) is 4. The molecule has 1 aromatic carbocycles. The number of aliphatic hydroxyl groups is 2. The van der Waals surface area contributed by atoms with Crippen LogP contribution in [0.2, 0.25) is 0 Å². The first kappa shape index (κ1) is 58.9. The fraction of sp³-hybridized carbons (Fsp3) is 0.542. The number of aromatic nitrogens is 4. The maximum absolute atomic E-state index is 14.2. The molecule has 4 heterocycles. The van der Waals surface area contributed by atoms with Crippen molar-refractivity contribution in [2.24, 2.45) is 11.7 Å². The van der Waals surface area contributed by atoms with E-state index in [0.29, 0.717) is 29.8 Å². The molecule has 0 radical (unpaired) electrons. The molecule has 3 aromatic rings. The number of phenols is 1. The summed E-state index contributed by atoms with van der Waals surface area (Å²) in [5.41, 5.74) is 7.08. The quantitative estimate of drug-likeness (QED) is 0.0341. The third kappa shape index (κ3) is 16.8. The molecule has 0 saturated carbocycles. The number of carbonyl (C=O) groups excluding carboxylic acids is 9. The van der Waals surface area contributed by atoms with Crippen LogP contribution in [-0.2, 0) is 67.2 Å². The number of phenolic OH excluding ortho intramolecular Hbond substituents is 1. The van der Waals surface area contributed by atoms with E-state index in [0.717, 1.165) is 0 Å². The van der Waals surface area contributed by atoms with E-state index >= 15 is 0 Å². The molecule has 2 fully saturated rings. The molecule has 15 N–H and O–H groups in total. The number of hydrogen-bond acceptors (Lipinski definition) is 16. The smallest absolute Gasteiger partial charge is 0.328 e. The van der Waals surface area contributed by atoms with Gasteiger partial charge in [-0.3, -0.25) is 43.2 Å². The van der Waals surface area contributed by atoms with E-state index in [1.807, 2.05) is 0 Å². The number of aromatic amines is 2. The topological polar surface area (TPSA) is 426 Å². The second-order valence-corrected chi connectivity index (χ2v) is 19.1. The molecule has 28 heteroatoms. The molecular formula is C48H68N14O14. The average Bonchev–Trinajstić information content (AvgIpc) is 4.26. The molecule has 76 heavy (non-hydrogen) atoms. The number of aliphatic hydroxyl groups excluding tert-OH is 2. The van der Waals surface area contributed by atoms with E-state index in [-0.39, 0.29) is 63.3 Å². The van der Waals surface area contributed by atoms with Crippen molar-refractivity contribution in [1.29, 1.82) is 0 Å². The number of rotatable bonds is 27. The average molecular weight is 1070 g/mol. The summed E-state index contributed by atoms with van der Waals surface area (Å²) in [5, 5.41) is 55.9. The molecule has 2 aliphatic heterocycles. The maximum atomic E-state index is 14.2. The van der Waals surface area contributed by atoms with Gasteiger partial charge in [-0.15, -0.1) is 0 Å². The van der Waals surface area contributed by atoms with Crippen LogP contribution in [-0.4, -0.2) is 197 Å². The summed E-state index contributed by atoms with van der Waals surface area (Å²) >= 11 is 0. The van der Waals surface area contributed by atoms with Gasteiger partial charge in [0.15, 0.2) is 0 Å². The van der Waals surface area contributed by atoms with Gasteiger partial charge in [-0.2, -0.15) is 0 Å². The van der Waals surface area contributed by atoms with Crippen LogP contribution in [0.4, 0.5) is 0 Å². The summed E-state index contributed by atoms with van der Waals surface area (Å²) in [6, 6.07) is -5.77. The molecule has 0 spiro atoms. The van der Waals surface area contributed by atoms with Gasteiger partial charge in [0.1, 0.15) is 60.1 Å². The van der Waals surface area contributed by atoms with Gasteiger partial charge in [-0.05, 0) is 62.6 Å². The number of carbonyl (C=O) groups is 10. The second-order valence-electron chi connectivity index (χ2n) is 19.1. The first-order valence-electron chi connectivity index (χ1n) is 24.8. The summed E-state index contributed by atoms with van der Waals surface area (Å²) in [7, 11) is 0. The third-order valence-corrected chi connectivity index (χ3v) is 12.7. The Hall–Kier alpha value is -7.98. The van der Waals surface area contributed by atoms with Crippen LogP contribution in [0, 0.1) is 5.92 Å². The van der Waals surface area contributed by atoms with Crippen molar-refractivity contribution in [2.75, 3.05) is 32.8 Å². The van der Waals surface area contributed by atoms with Gasteiger partial charge in [0.2, 0.25) is 53.2 Å². The van der Waals surface area contributed by atoms with Gasteiger partial charge in [0.05, 0.1) is 32.4 Å². The SMILES string of the molecule is CC(C)C[C@H](NC(=O)[C@H](Cc1ccc(O)cc1)NC(=O)CNC(=O)[C@H](Cc1cnc[nH]1)NC(=O)[C@H](C)NC(=O)[C@H](Cc1cnc[nH]1)NC(=O)[C@@H]1CCCN1C(=O)[C@@H](N)CO)C(=O)N1CCC[C@H]1C(=O)N[C@@H](CO)C(=O)O. The predicted octanol–water partition coefficient (Wildman–Crippen LogP) is -4.66. The van der Waals surface area contributed by atoms with Gasteiger partial charge in [-0.25, -0.2) is 14.8 Å². The lowest BCUT2D eigenvalue weighted by Crippen LogP contribution is -2.59. The molecule has 9 atom stereocenters. The molecule has 0 aliphatic carbocycles. The molecule has 5 rings (SSSR count). The highest BCUT2D eigenvalue weighted by molar-refractivity contribution is 5.98. The Morgan fingerprint density at radius 3 is 1.67 bits per heavy atom. The van der Waals surface area contributed by atoms with E-state index < -0.39 is 133 Å². The highest BCUT2D eigenvalue weighted by Gasteiger charge is 2.41. The zero-order valence-electron chi connectivity index (χ0n) is 42.3. The lowest BCUT2D eigenvalue weighted by atomic mass is 10.00. The minimum absolute atomic E-state index is 0.0723. The molecule has 9 amide bonds. The number of nitrogens with two attached hydrogens (primary N) is 1. The number of amides is 9. The van der Waals surface area contributed by atoms with Crippen molar-refractivity contribution >= 4 is 59.1 Å². The Bertz CT molecular complexity index is 2490. The van der Waals surface area contributed by atoms with Crippen molar-refractivity contribution in [1.82, 2.24) is 67.0 Å². The van der Waals surface area contributed by atoms with Crippen LogP contribution in [0.3, 0.4) is 0 Å². The van der Waals surface area contributed by atoms with E-state index in [1.54, 1.807) is 13.8 Å². The Balaban J connectivity index is 1.26. The number of H-pyrrole nitrogens is 2. The van der Waals surface area contributed by atoms with Gasteiger partial charge in [-0.1, -0.05) is 26.0 Å². The third-order valence-electron chi connectivity index (χ3n) is 12.7. The summed E-state index contributed by atoms with van der Waals surface area (Å²) < 4.78 is 0. The van der Waals surface area contributed by atoms with Crippen molar-refractivity contribution in [3.63, 3.8) is 0 Å². The number of carboxylic acid groups (broad SMARTS) is 1. The van der Waals surface area contributed by atoms with Gasteiger partial charge in [0.25, 0.3) is 0 Å². The van der Waals surface area contributed by atoms with Crippen molar-refractivity contribution in [3.8, 4) is 5.75 Å². The number of likely N-dealkylation sites (tertiary alicyclic amines) is 2. The molecule has 28 nitrogen and oxygen atoms in total. The van der Waals surface area contributed by atoms with Crippen LogP contribution in [0.25, 0.3) is 0 Å². The van der Waals surface area contributed by atoms with Crippen LogP contribution in [0.1, 0.15) is 69.8 Å². The number of aromatic hydroxyl groups is 1. The van der Waals surface area contributed by atoms with E-state index in [2.05, 4.69) is 57.2 Å². The summed E-state index contributed by atoms with van der Waals surface area (Å²) in [6.45, 7) is 3.01. The van der Waals surface area contributed by atoms with Crippen molar-refractivity contribution in [2.45, 2.75) is 127 Å². The van der Waals surface area contributed by atoms with Crippen molar-refractivity contribution in [3.05, 3.63) is 66.3 Å². The number of carboxylic acids is 1. The second kappa shape index (κ2) is 28.1. The lowest BCUT2D eigenvalue weighted by Gasteiger charge is -2.31. The number of imidazole rings is 2. The van der Waals surface area contributed by atoms with Crippen LogP contribution in [0.15, 0.2) is 49.3 Å². The fourth-order valence-corrected chi connectivity index (χ4v) is 8.72. The maximum Gasteiger partial charge on any atom is 0.328 e.